The Labute approximate surface area is 85.4 Å². The van der Waals surface area contributed by atoms with E-state index in [1.807, 2.05) is 0 Å². The summed E-state index contributed by atoms with van der Waals surface area (Å²) in [6.07, 6.45) is 5.50. The highest BCUT2D eigenvalue weighted by molar-refractivity contribution is 5.73. The summed E-state index contributed by atoms with van der Waals surface area (Å²) < 4.78 is 0. The van der Waals surface area contributed by atoms with Crippen LogP contribution in [0.25, 0.3) is 0 Å². The average Bonchev–Trinajstić information content (AvgIpc) is 2.62. The van der Waals surface area contributed by atoms with Gasteiger partial charge in [0.05, 0.1) is 0 Å². The van der Waals surface area contributed by atoms with Gasteiger partial charge in [-0.15, -0.1) is 0 Å². The van der Waals surface area contributed by atoms with Crippen molar-refractivity contribution in [3.05, 3.63) is 0 Å². The molecule has 3 fully saturated rings. The van der Waals surface area contributed by atoms with E-state index in [1.165, 1.54) is 25.7 Å². The second-order valence-corrected chi connectivity index (χ2v) is 5.89. The third-order valence-electron chi connectivity index (χ3n) is 5.03. The van der Waals surface area contributed by atoms with Crippen LogP contribution in [0.15, 0.2) is 0 Å². The Bertz CT molecular complexity index is 288. The summed E-state index contributed by atoms with van der Waals surface area (Å²) in [5, 5.41) is 3.16. The molecule has 0 aromatic heterocycles. The van der Waals surface area contributed by atoms with Gasteiger partial charge in [0.25, 0.3) is 0 Å². The van der Waals surface area contributed by atoms with Gasteiger partial charge >= 0.3 is 0 Å². The van der Waals surface area contributed by atoms with Gasteiger partial charge in [-0.2, -0.15) is 0 Å². The Hall–Kier alpha value is -0.530. The fraction of sp³-hybridized carbons (Fsp3) is 0.917. The number of nitrogens with one attached hydrogen (secondary N) is 1. The van der Waals surface area contributed by atoms with Crippen molar-refractivity contribution in [2.75, 3.05) is 0 Å². The van der Waals surface area contributed by atoms with Crippen LogP contribution in [0.1, 0.15) is 39.5 Å². The second kappa shape index (κ2) is 2.53. The fourth-order valence-corrected chi connectivity index (χ4v) is 4.80. The Morgan fingerprint density at radius 1 is 1.50 bits per heavy atom. The lowest BCUT2D eigenvalue weighted by atomic mass is 9.72. The molecule has 3 aliphatic rings. The van der Waals surface area contributed by atoms with E-state index in [-0.39, 0.29) is 5.91 Å². The molecule has 0 aliphatic heterocycles. The summed E-state index contributed by atoms with van der Waals surface area (Å²) in [6, 6.07) is 0.503. The van der Waals surface area contributed by atoms with Crippen molar-refractivity contribution in [3.8, 4) is 0 Å². The predicted molar refractivity (Wildman–Crippen MR) is 54.6 cm³/mol. The van der Waals surface area contributed by atoms with Crippen LogP contribution in [0.3, 0.4) is 0 Å². The molecule has 5 atom stereocenters. The van der Waals surface area contributed by atoms with Crippen LogP contribution in [0.2, 0.25) is 0 Å². The van der Waals surface area contributed by atoms with Gasteiger partial charge in [-0.25, -0.2) is 0 Å². The maximum atomic E-state index is 11.1. The minimum Gasteiger partial charge on any atom is -0.353 e. The molecule has 3 aliphatic carbocycles. The van der Waals surface area contributed by atoms with Crippen molar-refractivity contribution in [2.24, 2.45) is 23.2 Å². The van der Waals surface area contributed by atoms with Gasteiger partial charge in [0.2, 0.25) is 5.91 Å². The van der Waals surface area contributed by atoms with Crippen LogP contribution < -0.4 is 5.32 Å². The van der Waals surface area contributed by atoms with E-state index in [4.69, 9.17) is 0 Å². The molecule has 0 spiro atoms. The van der Waals surface area contributed by atoms with Crippen molar-refractivity contribution in [1.82, 2.24) is 5.32 Å². The van der Waals surface area contributed by atoms with Crippen molar-refractivity contribution in [3.63, 3.8) is 0 Å². The number of rotatable bonds is 1. The molecule has 0 saturated heterocycles. The molecule has 2 heteroatoms. The number of carbonyl (C=O) groups excluding carboxylic acids is 1. The molecule has 78 valence electrons. The summed E-state index contributed by atoms with van der Waals surface area (Å²) in [5.74, 6) is 2.83. The molecule has 0 unspecified atom stereocenters. The van der Waals surface area contributed by atoms with Gasteiger partial charge in [-0.1, -0.05) is 6.92 Å². The summed E-state index contributed by atoms with van der Waals surface area (Å²) in [6.45, 7) is 4.09. The standard InChI is InChI=1S/C12H19NO/c1-7(14)13-10-5-8-6-12(2)4-3-9(8)11(10)12/h8-11H,3-6H2,1-2H3,(H,13,14)/t8-,9+,10+,11+,12-/m1/s1. The quantitative estimate of drug-likeness (QED) is 0.677. The minimum absolute atomic E-state index is 0.158. The Morgan fingerprint density at radius 3 is 2.86 bits per heavy atom. The number of hydrogen-bond acceptors (Lipinski definition) is 1. The van der Waals surface area contributed by atoms with E-state index in [0.29, 0.717) is 11.5 Å². The Balaban J connectivity index is 1.84. The molecular formula is C12H19NO. The van der Waals surface area contributed by atoms with E-state index >= 15 is 0 Å². The van der Waals surface area contributed by atoms with Crippen LogP contribution >= 0.6 is 0 Å². The van der Waals surface area contributed by atoms with Gasteiger partial charge in [-0.3, -0.25) is 4.79 Å². The highest BCUT2D eigenvalue weighted by Gasteiger charge is 2.62. The third-order valence-corrected chi connectivity index (χ3v) is 5.03. The molecule has 3 rings (SSSR count). The molecule has 2 nitrogen and oxygen atoms in total. The SMILES string of the molecule is CC(=O)N[C@H]1C[C@@H]2C[C@@]3(C)CC[C@@H]2[C@@H]13. The van der Waals surface area contributed by atoms with Gasteiger partial charge in [0, 0.05) is 13.0 Å². The van der Waals surface area contributed by atoms with Crippen molar-refractivity contribution in [2.45, 2.75) is 45.6 Å². The normalized spacial score (nSPS) is 53.9. The predicted octanol–water partition coefficient (Wildman–Crippen LogP) is 1.95. The van der Waals surface area contributed by atoms with E-state index < -0.39 is 0 Å². The lowest BCUT2D eigenvalue weighted by Gasteiger charge is -2.37. The zero-order valence-corrected chi connectivity index (χ0v) is 9.05. The van der Waals surface area contributed by atoms with E-state index in [2.05, 4.69) is 12.2 Å². The maximum absolute atomic E-state index is 11.1. The summed E-state index contributed by atoms with van der Waals surface area (Å²) in [5.41, 5.74) is 0.570. The molecule has 0 aromatic rings. The molecule has 14 heavy (non-hydrogen) atoms. The third kappa shape index (κ3) is 0.945. The maximum Gasteiger partial charge on any atom is 0.217 e. The first-order valence-corrected chi connectivity index (χ1v) is 5.87. The lowest BCUT2D eigenvalue weighted by molar-refractivity contribution is -0.120. The first-order chi connectivity index (χ1) is 6.60. The number of amides is 1. The highest BCUT2D eigenvalue weighted by atomic mass is 16.1. The summed E-state index contributed by atoms with van der Waals surface area (Å²) in [4.78, 5) is 11.1. The van der Waals surface area contributed by atoms with Gasteiger partial charge in [0.1, 0.15) is 0 Å². The summed E-state index contributed by atoms with van der Waals surface area (Å²) >= 11 is 0. The lowest BCUT2D eigenvalue weighted by Crippen LogP contribution is -2.43. The van der Waals surface area contributed by atoms with Crippen LogP contribution in [0.5, 0.6) is 0 Å². The highest BCUT2D eigenvalue weighted by Crippen LogP contribution is 2.67. The molecule has 1 N–H and O–H groups in total. The number of carbonyl (C=O) groups is 1. The van der Waals surface area contributed by atoms with Crippen LogP contribution in [0.4, 0.5) is 0 Å². The van der Waals surface area contributed by atoms with Crippen molar-refractivity contribution >= 4 is 5.91 Å². The first kappa shape index (κ1) is 8.75. The molecule has 1 amide bonds. The first-order valence-electron chi connectivity index (χ1n) is 5.87. The van der Waals surface area contributed by atoms with Crippen molar-refractivity contribution in [1.29, 1.82) is 0 Å². The van der Waals surface area contributed by atoms with Crippen LogP contribution in [-0.4, -0.2) is 11.9 Å². The second-order valence-electron chi connectivity index (χ2n) is 5.89. The largest absolute Gasteiger partial charge is 0.353 e. The zero-order valence-electron chi connectivity index (χ0n) is 9.05. The fourth-order valence-electron chi connectivity index (χ4n) is 4.80. The zero-order chi connectivity index (χ0) is 9.92. The smallest absolute Gasteiger partial charge is 0.217 e. The van der Waals surface area contributed by atoms with Crippen LogP contribution in [0, 0.1) is 23.2 Å². The van der Waals surface area contributed by atoms with Gasteiger partial charge < -0.3 is 5.32 Å². The molecular weight excluding hydrogens is 174 g/mol. The summed E-state index contributed by atoms with van der Waals surface area (Å²) in [7, 11) is 0. The average molecular weight is 193 g/mol. The van der Waals surface area contributed by atoms with Crippen molar-refractivity contribution < 1.29 is 4.79 Å². The molecule has 0 heterocycles. The Kier molecular flexibility index (Phi) is 1.58. The number of hydrogen-bond donors (Lipinski definition) is 1. The van der Waals surface area contributed by atoms with E-state index in [0.717, 1.165) is 17.8 Å². The topological polar surface area (TPSA) is 29.1 Å². The Morgan fingerprint density at radius 2 is 2.29 bits per heavy atom. The molecule has 0 aromatic carbocycles. The van der Waals surface area contributed by atoms with Crippen LogP contribution in [-0.2, 0) is 4.79 Å². The molecule has 0 radical (unpaired) electrons. The van der Waals surface area contributed by atoms with E-state index in [9.17, 15) is 4.79 Å². The van der Waals surface area contributed by atoms with E-state index in [1.54, 1.807) is 6.92 Å². The van der Waals surface area contributed by atoms with Gasteiger partial charge in [0.15, 0.2) is 0 Å². The molecule has 3 saturated carbocycles. The molecule has 4 bridgehead atoms. The minimum atomic E-state index is 0.158. The monoisotopic (exact) mass is 193 g/mol. The van der Waals surface area contributed by atoms with Gasteiger partial charge in [-0.05, 0) is 48.9 Å².